The Morgan fingerprint density at radius 3 is 2.44 bits per heavy atom. The molecular weight excluding hydrogens is 344 g/mol. The molecule has 6 heteroatoms. The molecule has 0 aromatic heterocycles. The number of hydrogen-bond donors (Lipinski definition) is 1. The number of methoxy groups -OCH3 is 1. The van der Waals surface area contributed by atoms with E-state index in [9.17, 15) is 9.59 Å². The lowest BCUT2D eigenvalue weighted by atomic mass is 10.1. The van der Waals surface area contributed by atoms with Crippen LogP contribution < -0.4 is 10.2 Å². The van der Waals surface area contributed by atoms with Crippen LogP contribution in [0, 0.1) is 0 Å². The highest BCUT2D eigenvalue weighted by Crippen LogP contribution is 2.20. The van der Waals surface area contributed by atoms with E-state index in [4.69, 9.17) is 9.47 Å². The topological polar surface area (TPSA) is 67.9 Å². The van der Waals surface area contributed by atoms with Gasteiger partial charge in [0.15, 0.2) is 6.10 Å². The fourth-order valence-corrected chi connectivity index (χ4v) is 2.98. The smallest absolute Gasteiger partial charge is 0.331 e. The zero-order chi connectivity index (χ0) is 19.5. The molecule has 1 amide bonds. The normalized spacial score (nSPS) is 16.0. The summed E-state index contributed by atoms with van der Waals surface area (Å²) in [7, 11) is 1.56. The highest BCUT2D eigenvalue weighted by Gasteiger charge is 2.15. The Hall–Kier alpha value is -2.34. The van der Waals surface area contributed by atoms with Gasteiger partial charge in [-0.05, 0) is 43.5 Å². The third-order valence-corrected chi connectivity index (χ3v) is 4.54. The van der Waals surface area contributed by atoms with Crippen LogP contribution in [-0.4, -0.2) is 51.3 Å². The zero-order valence-electron chi connectivity index (χ0n) is 16.3. The number of hydrogen-bond acceptors (Lipinski definition) is 5. The molecule has 1 aliphatic heterocycles. The van der Waals surface area contributed by atoms with Crippen molar-refractivity contribution in [2.75, 3.05) is 38.3 Å². The number of carbonyl (C=O) groups is 2. The molecule has 1 N–H and O–H groups in total. The van der Waals surface area contributed by atoms with E-state index >= 15 is 0 Å². The summed E-state index contributed by atoms with van der Waals surface area (Å²) in [6.45, 7) is 4.55. The molecule has 27 heavy (non-hydrogen) atoms. The van der Waals surface area contributed by atoms with Gasteiger partial charge in [0.1, 0.15) is 0 Å². The van der Waals surface area contributed by atoms with E-state index in [1.54, 1.807) is 20.1 Å². The van der Waals surface area contributed by atoms with E-state index in [0.717, 1.165) is 18.7 Å². The standard InChI is InChI=1S/C21H30N2O4/c1-17(21(25)22-13-16-26-2)27-20(24)12-9-18-7-10-19(11-8-18)23-14-5-3-4-6-15-23/h7-12,17H,3-6,13-16H2,1-2H3,(H,22,25)/b12-9+/t17-/m0/s1. The van der Waals surface area contributed by atoms with Gasteiger partial charge in [-0.15, -0.1) is 0 Å². The molecule has 0 bridgehead atoms. The Morgan fingerprint density at radius 1 is 1.15 bits per heavy atom. The van der Waals surface area contributed by atoms with Crippen LogP contribution in [0.2, 0.25) is 0 Å². The minimum atomic E-state index is -0.843. The Morgan fingerprint density at radius 2 is 1.81 bits per heavy atom. The van der Waals surface area contributed by atoms with Crippen molar-refractivity contribution in [3.63, 3.8) is 0 Å². The lowest BCUT2D eigenvalue weighted by Crippen LogP contribution is -2.37. The van der Waals surface area contributed by atoms with Crippen molar-refractivity contribution in [1.29, 1.82) is 0 Å². The van der Waals surface area contributed by atoms with Crippen molar-refractivity contribution in [3.05, 3.63) is 35.9 Å². The van der Waals surface area contributed by atoms with Gasteiger partial charge in [-0.25, -0.2) is 4.79 Å². The van der Waals surface area contributed by atoms with Crippen LogP contribution in [0.1, 0.15) is 38.2 Å². The minimum absolute atomic E-state index is 0.337. The Labute approximate surface area is 161 Å². The van der Waals surface area contributed by atoms with Crippen molar-refractivity contribution in [2.24, 2.45) is 0 Å². The SMILES string of the molecule is COCCNC(=O)[C@H](C)OC(=O)/C=C/c1ccc(N2CCCCCC2)cc1. The number of amides is 1. The van der Waals surface area contributed by atoms with Gasteiger partial charge < -0.3 is 19.7 Å². The van der Waals surface area contributed by atoms with Crippen molar-refractivity contribution >= 4 is 23.6 Å². The summed E-state index contributed by atoms with van der Waals surface area (Å²) in [5.41, 5.74) is 2.14. The first-order valence-electron chi connectivity index (χ1n) is 9.60. The van der Waals surface area contributed by atoms with E-state index in [0.29, 0.717) is 13.2 Å². The maximum absolute atomic E-state index is 11.9. The van der Waals surface area contributed by atoms with Crippen LogP contribution in [0.15, 0.2) is 30.3 Å². The Bertz CT molecular complexity index is 620. The van der Waals surface area contributed by atoms with Crippen LogP contribution in [0.25, 0.3) is 6.08 Å². The highest BCUT2D eigenvalue weighted by molar-refractivity contribution is 5.90. The molecule has 0 aliphatic carbocycles. The molecule has 1 aromatic rings. The summed E-state index contributed by atoms with van der Waals surface area (Å²) in [5, 5.41) is 2.63. The number of ether oxygens (including phenoxy) is 2. The molecule has 1 atom stereocenters. The molecule has 0 spiro atoms. The second kappa shape index (κ2) is 11.4. The van der Waals surface area contributed by atoms with E-state index in [1.165, 1.54) is 37.4 Å². The van der Waals surface area contributed by atoms with Gasteiger partial charge in [0.25, 0.3) is 5.91 Å². The maximum atomic E-state index is 11.9. The number of esters is 1. The quantitative estimate of drug-likeness (QED) is 0.431. The average Bonchev–Trinajstić information content (AvgIpc) is 2.96. The van der Waals surface area contributed by atoms with Gasteiger partial charge in [-0.3, -0.25) is 4.79 Å². The van der Waals surface area contributed by atoms with Gasteiger partial charge in [0.2, 0.25) is 0 Å². The fraction of sp³-hybridized carbons (Fsp3) is 0.524. The first-order valence-corrected chi connectivity index (χ1v) is 9.60. The Balaban J connectivity index is 1.82. The summed E-state index contributed by atoms with van der Waals surface area (Å²) in [6, 6.07) is 8.15. The number of rotatable bonds is 8. The molecular formula is C21H30N2O4. The second-order valence-electron chi connectivity index (χ2n) is 6.69. The van der Waals surface area contributed by atoms with Crippen LogP contribution >= 0.6 is 0 Å². The lowest BCUT2D eigenvalue weighted by Gasteiger charge is -2.22. The summed E-state index contributed by atoms with van der Waals surface area (Å²) >= 11 is 0. The lowest BCUT2D eigenvalue weighted by molar-refractivity contribution is -0.150. The molecule has 1 aromatic carbocycles. The molecule has 0 saturated carbocycles. The van der Waals surface area contributed by atoms with Crippen LogP contribution in [0.5, 0.6) is 0 Å². The first kappa shape index (κ1) is 21.0. The molecule has 148 valence electrons. The van der Waals surface area contributed by atoms with Crippen molar-refractivity contribution < 1.29 is 19.1 Å². The summed E-state index contributed by atoms with van der Waals surface area (Å²) in [5.74, 6) is -0.878. The second-order valence-corrected chi connectivity index (χ2v) is 6.69. The predicted molar refractivity (Wildman–Crippen MR) is 107 cm³/mol. The number of nitrogens with zero attached hydrogens (tertiary/aromatic N) is 1. The molecule has 2 rings (SSSR count). The molecule has 1 saturated heterocycles. The largest absolute Gasteiger partial charge is 0.449 e. The molecule has 0 radical (unpaired) electrons. The van der Waals surface area contributed by atoms with Crippen molar-refractivity contribution in [1.82, 2.24) is 5.32 Å². The maximum Gasteiger partial charge on any atom is 0.331 e. The minimum Gasteiger partial charge on any atom is -0.449 e. The molecule has 0 unspecified atom stereocenters. The number of nitrogens with one attached hydrogen (secondary N) is 1. The van der Waals surface area contributed by atoms with E-state index < -0.39 is 12.1 Å². The van der Waals surface area contributed by atoms with E-state index in [2.05, 4.69) is 22.3 Å². The third-order valence-electron chi connectivity index (χ3n) is 4.54. The summed E-state index contributed by atoms with van der Waals surface area (Å²) < 4.78 is 9.97. The molecule has 1 fully saturated rings. The Kier molecular flexibility index (Phi) is 8.84. The van der Waals surface area contributed by atoms with Crippen molar-refractivity contribution in [3.8, 4) is 0 Å². The van der Waals surface area contributed by atoms with Crippen LogP contribution in [-0.2, 0) is 19.1 Å². The predicted octanol–water partition coefficient (Wildman–Crippen LogP) is 2.77. The van der Waals surface area contributed by atoms with Gasteiger partial charge >= 0.3 is 5.97 Å². The molecule has 6 nitrogen and oxygen atoms in total. The van der Waals surface area contributed by atoms with Gasteiger partial charge in [-0.1, -0.05) is 25.0 Å². The van der Waals surface area contributed by atoms with Gasteiger partial charge in [-0.2, -0.15) is 0 Å². The number of anilines is 1. The summed E-state index contributed by atoms with van der Waals surface area (Å²) in [4.78, 5) is 26.1. The summed E-state index contributed by atoms with van der Waals surface area (Å²) in [6.07, 6.45) is 7.30. The number of benzene rings is 1. The first-order chi connectivity index (χ1) is 13.1. The number of carbonyl (C=O) groups excluding carboxylic acids is 2. The zero-order valence-corrected chi connectivity index (χ0v) is 16.3. The van der Waals surface area contributed by atoms with E-state index in [1.807, 2.05) is 12.1 Å². The van der Waals surface area contributed by atoms with Crippen LogP contribution in [0.3, 0.4) is 0 Å². The monoisotopic (exact) mass is 374 g/mol. The molecule has 1 aliphatic rings. The highest BCUT2D eigenvalue weighted by atomic mass is 16.5. The van der Waals surface area contributed by atoms with Gasteiger partial charge in [0.05, 0.1) is 6.61 Å². The molecule has 1 heterocycles. The fourth-order valence-electron chi connectivity index (χ4n) is 2.98. The van der Waals surface area contributed by atoms with Gasteiger partial charge in [0, 0.05) is 38.5 Å². The average molecular weight is 374 g/mol. The van der Waals surface area contributed by atoms with Crippen molar-refractivity contribution in [2.45, 2.75) is 38.7 Å². The third kappa shape index (κ3) is 7.43. The van der Waals surface area contributed by atoms with Crippen LogP contribution in [0.4, 0.5) is 5.69 Å². The van der Waals surface area contributed by atoms with E-state index in [-0.39, 0.29) is 5.91 Å².